The predicted molar refractivity (Wildman–Crippen MR) is 115 cm³/mol. The van der Waals surface area contributed by atoms with Crippen LogP contribution in [-0.2, 0) is 0 Å². The van der Waals surface area contributed by atoms with E-state index in [0.29, 0.717) is 0 Å². The molecule has 4 N–H and O–H groups in total. The van der Waals surface area contributed by atoms with Crippen LogP contribution in [0.1, 0.15) is 62.7 Å². The summed E-state index contributed by atoms with van der Waals surface area (Å²) in [6.45, 7) is 6.25. The quantitative estimate of drug-likeness (QED) is 0.402. The number of hydrogen-bond donors (Lipinski definition) is 4. The lowest BCUT2D eigenvalue weighted by Crippen LogP contribution is -2.36. The van der Waals surface area contributed by atoms with Gasteiger partial charge in [0.1, 0.15) is 11.5 Å². The average Bonchev–Trinajstić information content (AvgIpc) is 2.65. The van der Waals surface area contributed by atoms with Crippen molar-refractivity contribution in [1.82, 2.24) is 10.6 Å². The highest BCUT2D eigenvalue weighted by Crippen LogP contribution is 2.31. The number of phenols is 2. The maximum atomic E-state index is 9.65. The van der Waals surface area contributed by atoms with E-state index in [9.17, 15) is 10.2 Å². The smallest absolute Gasteiger partial charge is 0.115 e. The van der Waals surface area contributed by atoms with Crippen LogP contribution in [0, 0.1) is 0 Å². The summed E-state index contributed by atoms with van der Waals surface area (Å²) in [5, 5.41) is 26.7. The standard InChI is InChI=1S/C22H32N2O2.ClH/c1-3-5-15-23-21(17-7-11-19(25)12-8-17)22(24-16-6-4-2)18-9-13-20(26)14-10-18;/h7-14,21-26H,3-6,15-16H2,1-2H3;1H. The second-order valence-corrected chi connectivity index (χ2v) is 6.75. The summed E-state index contributed by atoms with van der Waals surface area (Å²) in [6.07, 6.45) is 4.52. The summed E-state index contributed by atoms with van der Waals surface area (Å²) in [4.78, 5) is 0. The molecular weight excluding hydrogens is 360 g/mol. The molecule has 5 heteroatoms. The van der Waals surface area contributed by atoms with Crippen LogP contribution >= 0.6 is 12.4 Å². The van der Waals surface area contributed by atoms with E-state index in [0.717, 1.165) is 49.9 Å². The normalized spacial score (nSPS) is 13.0. The van der Waals surface area contributed by atoms with E-state index in [1.165, 1.54) is 0 Å². The minimum absolute atomic E-state index is 0. The molecule has 0 aliphatic rings. The maximum absolute atomic E-state index is 9.65. The zero-order chi connectivity index (χ0) is 18.8. The first-order valence-corrected chi connectivity index (χ1v) is 9.70. The van der Waals surface area contributed by atoms with Crippen LogP contribution in [0.5, 0.6) is 11.5 Å². The number of halogens is 1. The van der Waals surface area contributed by atoms with Gasteiger partial charge in [0.25, 0.3) is 0 Å². The molecule has 0 bridgehead atoms. The largest absolute Gasteiger partial charge is 0.508 e. The van der Waals surface area contributed by atoms with Gasteiger partial charge in [0.15, 0.2) is 0 Å². The number of phenolic OH excluding ortho intramolecular Hbond substituents is 2. The van der Waals surface area contributed by atoms with Gasteiger partial charge in [0.05, 0.1) is 12.1 Å². The molecular formula is C22H33ClN2O2. The fourth-order valence-electron chi connectivity index (χ4n) is 3.09. The molecule has 2 unspecified atom stereocenters. The Morgan fingerprint density at radius 1 is 0.667 bits per heavy atom. The summed E-state index contributed by atoms with van der Waals surface area (Å²) in [5.41, 5.74) is 2.28. The molecule has 2 rings (SSSR count). The SMILES string of the molecule is CCCCNC(c1ccc(O)cc1)C(NCCCC)c1ccc(O)cc1.Cl. The lowest BCUT2D eigenvalue weighted by atomic mass is 9.92. The Labute approximate surface area is 169 Å². The average molecular weight is 393 g/mol. The molecule has 0 saturated heterocycles. The van der Waals surface area contributed by atoms with Crippen molar-refractivity contribution in [3.05, 3.63) is 59.7 Å². The summed E-state index contributed by atoms with van der Waals surface area (Å²) in [5.74, 6) is 0.558. The molecule has 0 spiro atoms. The van der Waals surface area contributed by atoms with E-state index in [4.69, 9.17) is 0 Å². The van der Waals surface area contributed by atoms with Crippen LogP contribution in [0.2, 0.25) is 0 Å². The molecule has 0 heterocycles. The van der Waals surface area contributed by atoms with E-state index in [1.54, 1.807) is 24.3 Å². The molecule has 0 aliphatic heterocycles. The number of aromatic hydroxyl groups is 2. The van der Waals surface area contributed by atoms with Crippen molar-refractivity contribution in [2.75, 3.05) is 13.1 Å². The van der Waals surface area contributed by atoms with E-state index in [-0.39, 0.29) is 36.0 Å². The Hall–Kier alpha value is -1.75. The first-order valence-electron chi connectivity index (χ1n) is 9.70. The van der Waals surface area contributed by atoms with E-state index in [2.05, 4.69) is 24.5 Å². The zero-order valence-corrected chi connectivity index (χ0v) is 17.1. The van der Waals surface area contributed by atoms with Gasteiger partial charge in [-0.25, -0.2) is 0 Å². The molecule has 0 aliphatic carbocycles. The fourth-order valence-corrected chi connectivity index (χ4v) is 3.09. The first-order chi connectivity index (χ1) is 12.7. The molecule has 0 fully saturated rings. The molecule has 0 aromatic heterocycles. The van der Waals surface area contributed by atoms with Gasteiger partial charge in [-0.3, -0.25) is 0 Å². The molecule has 150 valence electrons. The van der Waals surface area contributed by atoms with Gasteiger partial charge in [-0.15, -0.1) is 12.4 Å². The number of unbranched alkanes of at least 4 members (excludes halogenated alkanes) is 2. The Bertz CT molecular complexity index is 574. The second-order valence-electron chi connectivity index (χ2n) is 6.75. The van der Waals surface area contributed by atoms with Crippen molar-refractivity contribution in [3.8, 4) is 11.5 Å². The van der Waals surface area contributed by atoms with E-state index >= 15 is 0 Å². The summed E-state index contributed by atoms with van der Waals surface area (Å²) in [7, 11) is 0. The van der Waals surface area contributed by atoms with Gasteiger partial charge < -0.3 is 20.8 Å². The Morgan fingerprint density at radius 2 is 1.00 bits per heavy atom. The second kappa shape index (κ2) is 12.6. The van der Waals surface area contributed by atoms with Gasteiger partial charge in [-0.2, -0.15) is 0 Å². The topological polar surface area (TPSA) is 64.5 Å². The summed E-state index contributed by atoms with van der Waals surface area (Å²) < 4.78 is 0. The third-order valence-electron chi connectivity index (χ3n) is 4.63. The van der Waals surface area contributed by atoms with Gasteiger partial charge in [0.2, 0.25) is 0 Å². The van der Waals surface area contributed by atoms with Crippen LogP contribution in [0.4, 0.5) is 0 Å². The molecule has 2 atom stereocenters. The van der Waals surface area contributed by atoms with Crippen molar-refractivity contribution >= 4 is 12.4 Å². The zero-order valence-electron chi connectivity index (χ0n) is 16.3. The van der Waals surface area contributed by atoms with Crippen molar-refractivity contribution in [2.24, 2.45) is 0 Å². The van der Waals surface area contributed by atoms with Crippen molar-refractivity contribution in [2.45, 2.75) is 51.6 Å². The highest BCUT2D eigenvalue weighted by atomic mass is 35.5. The number of rotatable bonds is 11. The van der Waals surface area contributed by atoms with Gasteiger partial charge >= 0.3 is 0 Å². The van der Waals surface area contributed by atoms with Crippen LogP contribution in [0.15, 0.2) is 48.5 Å². The molecule has 4 nitrogen and oxygen atoms in total. The molecule has 2 aromatic carbocycles. The molecule has 0 radical (unpaired) electrons. The third-order valence-corrected chi connectivity index (χ3v) is 4.63. The van der Waals surface area contributed by atoms with Gasteiger partial charge in [-0.1, -0.05) is 51.0 Å². The first kappa shape index (κ1) is 23.3. The molecule has 2 aromatic rings. The highest BCUT2D eigenvalue weighted by Gasteiger charge is 2.24. The van der Waals surface area contributed by atoms with E-state index < -0.39 is 0 Å². The Kier molecular flexibility index (Phi) is 10.9. The fraction of sp³-hybridized carbons (Fsp3) is 0.455. The molecule has 0 saturated carbocycles. The monoisotopic (exact) mass is 392 g/mol. The van der Waals surface area contributed by atoms with Crippen LogP contribution in [0.3, 0.4) is 0 Å². The summed E-state index contributed by atoms with van der Waals surface area (Å²) in [6, 6.07) is 15.1. The minimum Gasteiger partial charge on any atom is -0.508 e. The molecule has 0 amide bonds. The molecule has 27 heavy (non-hydrogen) atoms. The van der Waals surface area contributed by atoms with Crippen molar-refractivity contribution < 1.29 is 10.2 Å². The van der Waals surface area contributed by atoms with Crippen molar-refractivity contribution in [3.63, 3.8) is 0 Å². The lowest BCUT2D eigenvalue weighted by Gasteiger charge is -2.30. The third kappa shape index (κ3) is 7.41. The minimum atomic E-state index is 0. The number of nitrogens with one attached hydrogen (secondary N) is 2. The van der Waals surface area contributed by atoms with Crippen LogP contribution in [0.25, 0.3) is 0 Å². The maximum Gasteiger partial charge on any atom is 0.115 e. The van der Waals surface area contributed by atoms with Crippen LogP contribution in [-0.4, -0.2) is 23.3 Å². The lowest BCUT2D eigenvalue weighted by molar-refractivity contribution is 0.378. The summed E-state index contributed by atoms with van der Waals surface area (Å²) >= 11 is 0. The van der Waals surface area contributed by atoms with Crippen molar-refractivity contribution in [1.29, 1.82) is 0 Å². The van der Waals surface area contributed by atoms with Crippen LogP contribution < -0.4 is 10.6 Å². The Morgan fingerprint density at radius 3 is 1.30 bits per heavy atom. The van der Waals surface area contributed by atoms with Gasteiger partial charge in [0, 0.05) is 0 Å². The van der Waals surface area contributed by atoms with E-state index in [1.807, 2.05) is 24.3 Å². The number of benzene rings is 2. The van der Waals surface area contributed by atoms with Gasteiger partial charge in [-0.05, 0) is 61.3 Å². The Balaban J connectivity index is 0.00000364. The highest BCUT2D eigenvalue weighted by molar-refractivity contribution is 5.85. The number of hydrogen-bond acceptors (Lipinski definition) is 4. The predicted octanol–water partition coefficient (Wildman–Crippen LogP) is 5.08.